The molecule has 3 fully saturated rings. The van der Waals surface area contributed by atoms with Crippen molar-refractivity contribution in [3.8, 4) is 11.5 Å². The van der Waals surface area contributed by atoms with E-state index in [1.54, 1.807) is 19.8 Å². The maximum atomic E-state index is 13.0. The lowest BCUT2D eigenvalue weighted by molar-refractivity contribution is -0.0519. The van der Waals surface area contributed by atoms with E-state index >= 15 is 0 Å². The van der Waals surface area contributed by atoms with E-state index in [1.165, 1.54) is 51.4 Å². The first kappa shape index (κ1) is 46.2. The number of benzene rings is 3. The highest BCUT2D eigenvalue weighted by Crippen LogP contribution is 2.67. The first-order valence-corrected chi connectivity index (χ1v) is 24.3. The lowest BCUT2D eigenvalue weighted by Gasteiger charge is -2.58. The van der Waals surface area contributed by atoms with Crippen molar-refractivity contribution in [3.63, 3.8) is 0 Å². The molecule has 3 saturated carbocycles. The molecule has 0 saturated heterocycles. The number of allylic oxidation sites excluding steroid dienone is 1. The normalized spacial score (nSPS) is 27.4. The summed E-state index contributed by atoms with van der Waals surface area (Å²) in [6.07, 6.45) is 19.6. The molecular formula is C55H77NO6. The third-order valence-corrected chi connectivity index (χ3v) is 16.3. The van der Waals surface area contributed by atoms with Crippen molar-refractivity contribution in [2.75, 3.05) is 27.4 Å². The van der Waals surface area contributed by atoms with Crippen LogP contribution in [-0.2, 0) is 15.1 Å². The van der Waals surface area contributed by atoms with E-state index in [4.69, 9.17) is 18.9 Å². The number of alkyl carbamates (subject to hydrolysis) is 1. The Hall–Kier alpha value is -3.81. The van der Waals surface area contributed by atoms with Crippen LogP contribution in [0.1, 0.15) is 147 Å². The molecule has 5 unspecified atom stereocenters. The standard InChI is InChI=1S/C55H77NO6/c1-39(2)14-13-17-40-24-30-50-49-29-23-44-38-48(31-34-54(44,4)51(49)32-35-53(40,50)3)62-52(58)56-36-12-8-11-18-45(57)33-37-61-55(41-15-9-7-10-16-41,42-19-25-46(59-5)26-20-42)43-21-27-47(60-6)28-22-43/h7,9-10,15-16,19-23,25-28,39-40,45,48-51,57H,8,11-14,17-18,24,29-38H2,1-6H3,(H,56,58)/t40?,45?,48-,49?,50?,51?,53+,54-/m1/s1. The van der Waals surface area contributed by atoms with Crippen LogP contribution >= 0.6 is 0 Å². The number of fused-ring (bicyclic) bond motifs is 5. The molecule has 0 heterocycles. The third-order valence-electron chi connectivity index (χ3n) is 16.3. The van der Waals surface area contributed by atoms with Gasteiger partial charge in [0, 0.05) is 13.0 Å². The molecule has 7 heteroatoms. The highest BCUT2D eigenvalue weighted by molar-refractivity contribution is 5.67. The van der Waals surface area contributed by atoms with Gasteiger partial charge in [0.15, 0.2) is 0 Å². The number of aliphatic hydroxyl groups excluding tert-OH is 1. The Morgan fingerprint density at radius 3 is 2.11 bits per heavy atom. The van der Waals surface area contributed by atoms with E-state index in [1.807, 2.05) is 66.7 Å². The van der Waals surface area contributed by atoms with Crippen LogP contribution < -0.4 is 14.8 Å². The van der Waals surface area contributed by atoms with Gasteiger partial charge in [-0.15, -0.1) is 0 Å². The van der Waals surface area contributed by atoms with Gasteiger partial charge in [0.25, 0.3) is 0 Å². The van der Waals surface area contributed by atoms with Gasteiger partial charge in [-0.1, -0.05) is 120 Å². The zero-order valence-corrected chi connectivity index (χ0v) is 38.8. The summed E-state index contributed by atoms with van der Waals surface area (Å²) in [6, 6.07) is 26.3. The van der Waals surface area contributed by atoms with Gasteiger partial charge in [-0.2, -0.15) is 0 Å². The lowest BCUT2D eigenvalue weighted by atomic mass is 9.47. The minimum absolute atomic E-state index is 0.0380. The SMILES string of the molecule is COc1ccc(C(OCCC(O)CCCCCNC(=O)O[C@@H]2CC[C@]3(C)C(=CCC4C5CCC(CCCC(C)C)[C@]5(C)CCC43)C2)(c2ccccc2)c2ccc(OC)cc2)cc1. The third kappa shape index (κ3) is 10.1. The molecule has 3 aromatic carbocycles. The van der Waals surface area contributed by atoms with Gasteiger partial charge >= 0.3 is 6.09 Å². The molecular weight excluding hydrogens is 771 g/mol. The lowest BCUT2D eigenvalue weighted by Crippen LogP contribution is -2.50. The van der Waals surface area contributed by atoms with Crippen molar-refractivity contribution in [3.05, 3.63) is 107 Å². The number of unbranched alkanes of at least 4 members (excludes halogenated alkanes) is 2. The Morgan fingerprint density at radius 1 is 0.774 bits per heavy atom. The number of carbonyl (C=O) groups excluding carboxylic acids is 1. The van der Waals surface area contributed by atoms with E-state index < -0.39 is 11.7 Å². The van der Waals surface area contributed by atoms with Crippen molar-refractivity contribution in [1.82, 2.24) is 5.32 Å². The Kier molecular flexibility index (Phi) is 15.5. The van der Waals surface area contributed by atoms with Crippen molar-refractivity contribution < 1.29 is 28.8 Å². The zero-order valence-electron chi connectivity index (χ0n) is 38.8. The van der Waals surface area contributed by atoms with Gasteiger partial charge in [0.1, 0.15) is 23.2 Å². The molecule has 3 aromatic rings. The van der Waals surface area contributed by atoms with Crippen LogP contribution in [-0.4, -0.2) is 50.8 Å². The number of methoxy groups -OCH3 is 2. The maximum absolute atomic E-state index is 13.0. The van der Waals surface area contributed by atoms with Crippen molar-refractivity contribution in [1.29, 1.82) is 0 Å². The molecule has 0 bridgehead atoms. The minimum Gasteiger partial charge on any atom is -0.497 e. The van der Waals surface area contributed by atoms with E-state index in [-0.39, 0.29) is 17.6 Å². The topological polar surface area (TPSA) is 86.2 Å². The van der Waals surface area contributed by atoms with Gasteiger partial charge in [0.05, 0.1) is 26.9 Å². The summed E-state index contributed by atoms with van der Waals surface area (Å²) in [4.78, 5) is 13.0. The number of carbonyl (C=O) groups is 1. The van der Waals surface area contributed by atoms with Crippen LogP contribution in [0.25, 0.3) is 0 Å². The van der Waals surface area contributed by atoms with E-state index in [0.29, 0.717) is 31.4 Å². The predicted octanol–water partition coefficient (Wildman–Crippen LogP) is 12.8. The second-order valence-electron chi connectivity index (χ2n) is 20.2. The van der Waals surface area contributed by atoms with E-state index in [0.717, 1.165) is 96.3 Å². The van der Waals surface area contributed by atoms with Crippen molar-refractivity contribution in [2.24, 2.45) is 40.4 Å². The molecule has 0 radical (unpaired) electrons. The molecule has 8 atom stereocenters. The summed E-state index contributed by atoms with van der Waals surface area (Å²) in [7, 11) is 3.33. The summed E-state index contributed by atoms with van der Waals surface area (Å²) in [5.41, 5.74) is 4.38. The monoisotopic (exact) mass is 848 g/mol. The molecule has 0 aromatic heterocycles. The summed E-state index contributed by atoms with van der Waals surface area (Å²) in [5, 5.41) is 14.1. The largest absolute Gasteiger partial charge is 0.497 e. The highest BCUT2D eigenvalue weighted by Gasteiger charge is 2.58. The maximum Gasteiger partial charge on any atom is 0.407 e. The summed E-state index contributed by atoms with van der Waals surface area (Å²) in [5.74, 6) is 5.74. The zero-order chi connectivity index (χ0) is 43.7. The average molecular weight is 848 g/mol. The van der Waals surface area contributed by atoms with Crippen molar-refractivity contribution in [2.45, 2.75) is 148 Å². The van der Waals surface area contributed by atoms with Crippen LogP contribution in [0.15, 0.2) is 90.5 Å². The molecule has 7 nitrogen and oxygen atoms in total. The second-order valence-corrected chi connectivity index (χ2v) is 20.2. The quantitative estimate of drug-likeness (QED) is 0.0669. The summed E-state index contributed by atoms with van der Waals surface area (Å²) >= 11 is 0. The van der Waals surface area contributed by atoms with Gasteiger partial charge < -0.3 is 29.4 Å². The molecule has 4 aliphatic carbocycles. The number of aliphatic hydroxyl groups is 1. The molecule has 2 N–H and O–H groups in total. The van der Waals surface area contributed by atoms with Crippen LogP contribution in [0.2, 0.25) is 0 Å². The molecule has 4 aliphatic rings. The van der Waals surface area contributed by atoms with E-state index in [9.17, 15) is 9.90 Å². The van der Waals surface area contributed by atoms with Crippen LogP contribution in [0, 0.1) is 40.4 Å². The number of nitrogens with one attached hydrogen (secondary N) is 1. The molecule has 62 heavy (non-hydrogen) atoms. The van der Waals surface area contributed by atoms with Crippen LogP contribution in [0.4, 0.5) is 4.79 Å². The first-order valence-electron chi connectivity index (χ1n) is 24.3. The smallest absolute Gasteiger partial charge is 0.407 e. The number of hydrogen-bond acceptors (Lipinski definition) is 6. The highest BCUT2D eigenvalue weighted by atomic mass is 16.6. The number of hydrogen-bond donors (Lipinski definition) is 2. The van der Waals surface area contributed by atoms with Crippen LogP contribution in [0.5, 0.6) is 11.5 Å². The van der Waals surface area contributed by atoms with Crippen LogP contribution in [0.3, 0.4) is 0 Å². The Morgan fingerprint density at radius 2 is 1.45 bits per heavy atom. The fourth-order valence-corrected chi connectivity index (χ4v) is 12.7. The molecule has 0 spiro atoms. The minimum atomic E-state index is -0.905. The second kappa shape index (κ2) is 20.8. The van der Waals surface area contributed by atoms with E-state index in [2.05, 4.69) is 51.2 Å². The fraction of sp³-hybridized carbons (Fsp3) is 0.618. The predicted molar refractivity (Wildman–Crippen MR) is 250 cm³/mol. The van der Waals surface area contributed by atoms with Gasteiger partial charge in [-0.25, -0.2) is 4.79 Å². The number of amides is 1. The molecule has 7 rings (SSSR count). The van der Waals surface area contributed by atoms with Gasteiger partial charge in [-0.05, 0) is 152 Å². The Labute approximate surface area is 373 Å². The summed E-state index contributed by atoms with van der Waals surface area (Å²) < 4.78 is 23.9. The molecule has 338 valence electrons. The fourth-order valence-electron chi connectivity index (χ4n) is 12.7. The first-order chi connectivity index (χ1) is 30.0. The van der Waals surface area contributed by atoms with Gasteiger partial charge in [0.2, 0.25) is 0 Å². The van der Waals surface area contributed by atoms with Gasteiger partial charge in [-0.3, -0.25) is 0 Å². The van der Waals surface area contributed by atoms with Crippen molar-refractivity contribution >= 4 is 6.09 Å². The number of ether oxygens (including phenoxy) is 4. The number of rotatable bonds is 20. The molecule has 0 aliphatic heterocycles. The summed E-state index contributed by atoms with van der Waals surface area (Å²) in [6.45, 7) is 10.9. The average Bonchev–Trinajstić information content (AvgIpc) is 3.62. The Balaban J connectivity index is 0.841. The Bertz CT molecular complexity index is 1850. The molecule has 1 amide bonds.